The van der Waals surface area contributed by atoms with Gasteiger partial charge in [-0.1, -0.05) is 72.3 Å². The van der Waals surface area contributed by atoms with Gasteiger partial charge in [0.1, 0.15) is 11.1 Å². The topological polar surface area (TPSA) is 49.4 Å². The number of nitrogens with zero attached hydrogens (tertiary/aromatic N) is 1. The lowest BCUT2D eigenvalue weighted by Gasteiger charge is -2.37. The second-order valence-electron chi connectivity index (χ2n) is 6.49. The van der Waals surface area contributed by atoms with E-state index < -0.39 is 16.2 Å². The molecular formula is C21H20N2O2S. The molecule has 0 amide bonds. The molecule has 26 heavy (non-hydrogen) atoms. The van der Waals surface area contributed by atoms with Crippen LogP contribution in [-0.2, 0) is 16.6 Å². The Morgan fingerprint density at radius 1 is 0.923 bits per heavy atom. The molecule has 0 fully saturated rings. The minimum absolute atomic E-state index is 0.309. The Kier molecular flexibility index (Phi) is 4.26. The number of nitrogens with one attached hydrogen (secondary N) is 1. The van der Waals surface area contributed by atoms with Crippen LogP contribution in [0, 0.1) is 6.92 Å². The number of sulfonamides is 1. The van der Waals surface area contributed by atoms with Gasteiger partial charge >= 0.3 is 0 Å². The summed E-state index contributed by atoms with van der Waals surface area (Å²) in [6.45, 7) is 2.32. The van der Waals surface area contributed by atoms with Crippen LogP contribution >= 0.6 is 0 Å². The molecule has 4 rings (SSSR count). The van der Waals surface area contributed by atoms with E-state index in [9.17, 15) is 8.42 Å². The molecule has 0 radical (unpaired) electrons. The maximum atomic E-state index is 13.4. The fourth-order valence-electron chi connectivity index (χ4n) is 3.32. The highest BCUT2D eigenvalue weighted by atomic mass is 32.2. The molecule has 0 aliphatic carbocycles. The first-order valence-corrected chi connectivity index (χ1v) is 9.97. The largest absolute Gasteiger partial charge is 0.364 e. The third kappa shape index (κ3) is 3.00. The smallest absolute Gasteiger partial charge is 0.247 e. The predicted molar refractivity (Wildman–Crippen MR) is 103 cm³/mol. The van der Waals surface area contributed by atoms with Gasteiger partial charge in [-0.2, -0.15) is 4.31 Å². The van der Waals surface area contributed by atoms with E-state index in [2.05, 4.69) is 5.32 Å². The fraction of sp³-hybridized carbons (Fsp3) is 0.143. The Bertz CT molecular complexity index is 1030. The summed E-state index contributed by atoms with van der Waals surface area (Å²) in [6.07, 6.45) is -0.449. The molecule has 3 aromatic rings. The summed E-state index contributed by atoms with van der Waals surface area (Å²) in [5.74, 6) is 0. The lowest BCUT2D eigenvalue weighted by Crippen LogP contribution is -2.42. The van der Waals surface area contributed by atoms with Crippen LogP contribution in [0.3, 0.4) is 0 Å². The molecule has 1 heterocycles. The van der Waals surface area contributed by atoms with Crippen molar-refractivity contribution in [3.05, 3.63) is 95.6 Å². The van der Waals surface area contributed by atoms with Crippen LogP contribution in [0.5, 0.6) is 0 Å². The summed E-state index contributed by atoms with van der Waals surface area (Å²) < 4.78 is 28.3. The summed E-state index contributed by atoms with van der Waals surface area (Å²) >= 11 is 0. The minimum Gasteiger partial charge on any atom is -0.364 e. The average molecular weight is 364 g/mol. The van der Waals surface area contributed by atoms with Crippen LogP contribution < -0.4 is 5.32 Å². The standard InChI is InChI=1S/C21H20N2O2S/c1-16-8-7-11-18(14-16)21-22-19-12-5-6-13-20(19)26(24,25)23(21)15-17-9-3-2-4-10-17/h2-14,21-22H,15H2,1H3/t21-/m1/s1. The van der Waals surface area contributed by atoms with E-state index in [1.54, 1.807) is 16.4 Å². The van der Waals surface area contributed by atoms with E-state index in [1.807, 2.05) is 73.7 Å². The Balaban J connectivity index is 1.85. The lowest BCUT2D eigenvalue weighted by atomic mass is 10.1. The van der Waals surface area contributed by atoms with Crippen LogP contribution in [0.2, 0.25) is 0 Å². The van der Waals surface area contributed by atoms with Gasteiger partial charge in [0.15, 0.2) is 0 Å². The summed E-state index contributed by atoms with van der Waals surface area (Å²) in [4.78, 5) is 0.319. The van der Waals surface area contributed by atoms with Gasteiger partial charge in [0.2, 0.25) is 10.0 Å². The SMILES string of the molecule is Cc1cccc([C@@H]2Nc3ccccc3S(=O)(=O)N2Cc2ccccc2)c1. The van der Waals surface area contributed by atoms with Gasteiger partial charge in [0.25, 0.3) is 0 Å². The number of aryl methyl sites for hydroxylation is 1. The molecule has 1 aliphatic heterocycles. The third-order valence-electron chi connectivity index (χ3n) is 4.59. The van der Waals surface area contributed by atoms with Crippen molar-refractivity contribution in [2.75, 3.05) is 5.32 Å². The maximum absolute atomic E-state index is 13.4. The molecule has 0 spiro atoms. The van der Waals surface area contributed by atoms with Crippen molar-refractivity contribution < 1.29 is 8.42 Å². The van der Waals surface area contributed by atoms with Crippen LogP contribution in [0.4, 0.5) is 5.69 Å². The Hall–Kier alpha value is -2.63. The van der Waals surface area contributed by atoms with E-state index in [1.165, 1.54) is 0 Å². The molecule has 0 saturated carbocycles. The van der Waals surface area contributed by atoms with Gasteiger partial charge in [-0.15, -0.1) is 0 Å². The quantitative estimate of drug-likeness (QED) is 0.753. The monoisotopic (exact) mass is 364 g/mol. The first kappa shape index (κ1) is 16.8. The number of hydrogen-bond acceptors (Lipinski definition) is 3. The summed E-state index contributed by atoms with van der Waals surface area (Å²) in [7, 11) is -3.62. The van der Waals surface area contributed by atoms with E-state index in [0.29, 0.717) is 17.1 Å². The van der Waals surface area contributed by atoms with Crippen molar-refractivity contribution in [2.45, 2.75) is 24.5 Å². The summed E-state index contributed by atoms with van der Waals surface area (Å²) in [5, 5.41) is 3.41. The Labute approximate surface area is 154 Å². The molecule has 0 aromatic heterocycles. The van der Waals surface area contributed by atoms with Gasteiger partial charge in [0, 0.05) is 6.54 Å². The molecule has 1 N–H and O–H groups in total. The van der Waals surface area contributed by atoms with Gasteiger partial charge < -0.3 is 5.32 Å². The van der Waals surface area contributed by atoms with Crippen LogP contribution in [0.15, 0.2) is 83.8 Å². The molecule has 0 saturated heterocycles. The van der Waals surface area contributed by atoms with Crippen molar-refractivity contribution in [3.63, 3.8) is 0 Å². The average Bonchev–Trinajstić information content (AvgIpc) is 2.65. The molecule has 132 valence electrons. The van der Waals surface area contributed by atoms with Crippen LogP contribution in [-0.4, -0.2) is 12.7 Å². The van der Waals surface area contributed by atoms with E-state index in [0.717, 1.165) is 16.7 Å². The molecule has 1 atom stereocenters. The first-order chi connectivity index (χ1) is 12.6. The van der Waals surface area contributed by atoms with Crippen molar-refractivity contribution in [1.29, 1.82) is 0 Å². The zero-order chi connectivity index (χ0) is 18.1. The van der Waals surface area contributed by atoms with Gasteiger partial charge in [-0.3, -0.25) is 0 Å². The highest BCUT2D eigenvalue weighted by Gasteiger charge is 2.38. The minimum atomic E-state index is -3.62. The maximum Gasteiger partial charge on any atom is 0.247 e. The first-order valence-electron chi connectivity index (χ1n) is 8.53. The molecular weight excluding hydrogens is 344 g/mol. The van der Waals surface area contributed by atoms with Gasteiger partial charge in [-0.25, -0.2) is 8.42 Å². The van der Waals surface area contributed by atoms with Crippen molar-refractivity contribution in [3.8, 4) is 0 Å². The number of anilines is 1. The molecule has 0 bridgehead atoms. The zero-order valence-corrected chi connectivity index (χ0v) is 15.3. The molecule has 5 heteroatoms. The molecule has 4 nitrogen and oxygen atoms in total. The van der Waals surface area contributed by atoms with E-state index >= 15 is 0 Å². The number of hydrogen-bond donors (Lipinski definition) is 1. The molecule has 1 aliphatic rings. The predicted octanol–water partition coefficient (Wildman–Crippen LogP) is 4.31. The van der Waals surface area contributed by atoms with Crippen LogP contribution in [0.1, 0.15) is 22.9 Å². The second kappa shape index (κ2) is 6.59. The zero-order valence-electron chi connectivity index (χ0n) is 14.5. The highest BCUT2D eigenvalue weighted by molar-refractivity contribution is 7.89. The summed E-state index contributed by atoms with van der Waals surface area (Å²) in [5.41, 5.74) is 3.62. The molecule has 0 unspecified atom stereocenters. The van der Waals surface area contributed by atoms with Crippen molar-refractivity contribution in [2.24, 2.45) is 0 Å². The van der Waals surface area contributed by atoms with Gasteiger partial charge in [-0.05, 0) is 30.2 Å². The number of fused-ring (bicyclic) bond motifs is 1. The number of benzene rings is 3. The summed E-state index contributed by atoms with van der Waals surface area (Å²) in [6, 6.07) is 24.7. The normalized spacial score (nSPS) is 18.7. The third-order valence-corrected chi connectivity index (χ3v) is 6.46. The fourth-order valence-corrected chi connectivity index (χ4v) is 5.00. The number of rotatable bonds is 3. The Morgan fingerprint density at radius 2 is 1.65 bits per heavy atom. The highest BCUT2D eigenvalue weighted by Crippen LogP contribution is 2.39. The van der Waals surface area contributed by atoms with Crippen molar-refractivity contribution >= 4 is 15.7 Å². The lowest BCUT2D eigenvalue weighted by molar-refractivity contribution is 0.336. The van der Waals surface area contributed by atoms with E-state index in [4.69, 9.17) is 0 Å². The van der Waals surface area contributed by atoms with Crippen molar-refractivity contribution in [1.82, 2.24) is 4.31 Å². The Morgan fingerprint density at radius 3 is 2.42 bits per heavy atom. The molecule has 3 aromatic carbocycles. The van der Waals surface area contributed by atoms with Gasteiger partial charge in [0.05, 0.1) is 5.69 Å². The van der Waals surface area contributed by atoms with E-state index in [-0.39, 0.29) is 0 Å². The number of para-hydroxylation sites is 1. The second-order valence-corrected chi connectivity index (χ2v) is 8.35. The van der Waals surface area contributed by atoms with Crippen LogP contribution in [0.25, 0.3) is 0 Å².